The summed E-state index contributed by atoms with van der Waals surface area (Å²) in [7, 11) is 1.85. The Morgan fingerprint density at radius 2 is 2.32 bits per heavy atom. The molecule has 2 aromatic heterocycles. The van der Waals surface area contributed by atoms with Crippen molar-refractivity contribution in [2.45, 2.75) is 13.3 Å². The lowest BCUT2D eigenvalue weighted by Crippen LogP contribution is -2.35. The maximum Gasteiger partial charge on any atom is 0.224 e. The minimum Gasteiger partial charge on any atom is -0.355 e. The molecule has 0 saturated carbocycles. The van der Waals surface area contributed by atoms with Gasteiger partial charge < -0.3 is 15.0 Å². The van der Waals surface area contributed by atoms with E-state index in [0.717, 1.165) is 17.8 Å². The number of carbonyl (C=O) groups excluding carboxylic acids is 1. The van der Waals surface area contributed by atoms with Crippen molar-refractivity contribution >= 4 is 11.6 Å². The highest BCUT2D eigenvalue weighted by molar-refractivity contribution is 5.78. The molecule has 19 heavy (non-hydrogen) atoms. The van der Waals surface area contributed by atoms with Crippen LogP contribution in [-0.4, -0.2) is 35.4 Å². The zero-order valence-electron chi connectivity index (χ0n) is 11.4. The Balaban J connectivity index is 1.84. The number of rotatable bonds is 6. The van der Waals surface area contributed by atoms with Crippen molar-refractivity contribution < 1.29 is 4.79 Å². The average Bonchev–Trinajstić information content (AvgIpc) is 2.81. The summed E-state index contributed by atoms with van der Waals surface area (Å²) >= 11 is 0. The van der Waals surface area contributed by atoms with E-state index < -0.39 is 0 Å². The molecule has 2 rings (SSSR count). The first-order chi connectivity index (χ1) is 9.20. The van der Waals surface area contributed by atoms with Crippen LogP contribution < -0.4 is 10.6 Å². The molecular formula is C14H20N4O. The minimum absolute atomic E-state index is 0.00827. The molecule has 0 radical (unpaired) electrons. The molecule has 0 bridgehead atoms. The lowest BCUT2D eigenvalue weighted by molar-refractivity contribution is -0.124. The molecular weight excluding hydrogens is 240 g/mol. The van der Waals surface area contributed by atoms with Gasteiger partial charge in [-0.25, -0.2) is 4.98 Å². The number of pyridine rings is 1. The van der Waals surface area contributed by atoms with Gasteiger partial charge >= 0.3 is 0 Å². The fourth-order valence-corrected chi connectivity index (χ4v) is 1.99. The topological polar surface area (TPSA) is 58.4 Å². The fourth-order valence-electron chi connectivity index (χ4n) is 1.99. The third-order valence-corrected chi connectivity index (χ3v) is 3.05. The smallest absolute Gasteiger partial charge is 0.224 e. The van der Waals surface area contributed by atoms with Crippen molar-refractivity contribution in [3.63, 3.8) is 0 Å². The lowest BCUT2D eigenvalue weighted by atomic mass is 10.1. The Hall–Kier alpha value is -1.88. The van der Waals surface area contributed by atoms with Gasteiger partial charge in [-0.2, -0.15) is 0 Å². The number of carbonyl (C=O) groups is 1. The molecule has 5 heteroatoms. The van der Waals surface area contributed by atoms with E-state index in [-0.39, 0.29) is 11.8 Å². The third kappa shape index (κ3) is 3.54. The second-order valence-electron chi connectivity index (χ2n) is 4.70. The number of hydrogen-bond acceptors (Lipinski definition) is 3. The van der Waals surface area contributed by atoms with Crippen molar-refractivity contribution in [3.8, 4) is 0 Å². The summed E-state index contributed by atoms with van der Waals surface area (Å²) in [5.74, 6) is 0.0733. The molecule has 1 atom stereocenters. The Morgan fingerprint density at radius 3 is 3.05 bits per heavy atom. The molecule has 5 nitrogen and oxygen atoms in total. The van der Waals surface area contributed by atoms with E-state index in [0.29, 0.717) is 13.1 Å². The van der Waals surface area contributed by atoms with Crippen molar-refractivity contribution in [1.29, 1.82) is 0 Å². The molecule has 0 fully saturated rings. The van der Waals surface area contributed by atoms with E-state index in [2.05, 4.69) is 15.6 Å². The second kappa shape index (κ2) is 6.33. The van der Waals surface area contributed by atoms with E-state index in [4.69, 9.17) is 0 Å². The maximum absolute atomic E-state index is 11.7. The molecule has 1 unspecified atom stereocenters. The van der Waals surface area contributed by atoms with Crippen molar-refractivity contribution in [2.24, 2.45) is 5.92 Å². The predicted octanol–water partition coefficient (Wildman–Crippen LogP) is 0.849. The Kier molecular flexibility index (Phi) is 4.52. The molecule has 2 N–H and O–H groups in total. The zero-order chi connectivity index (χ0) is 13.7. The van der Waals surface area contributed by atoms with Gasteiger partial charge in [0.2, 0.25) is 5.91 Å². The van der Waals surface area contributed by atoms with Crippen LogP contribution in [0.4, 0.5) is 0 Å². The predicted molar refractivity (Wildman–Crippen MR) is 75.0 cm³/mol. The third-order valence-electron chi connectivity index (χ3n) is 3.05. The largest absolute Gasteiger partial charge is 0.355 e. The first-order valence-corrected chi connectivity index (χ1v) is 6.55. The minimum atomic E-state index is -0.00827. The van der Waals surface area contributed by atoms with Gasteiger partial charge in [-0.05, 0) is 19.2 Å². The van der Waals surface area contributed by atoms with E-state index in [1.54, 1.807) is 0 Å². The summed E-state index contributed by atoms with van der Waals surface area (Å²) in [6.07, 6.45) is 4.72. The highest BCUT2D eigenvalue weighted by Gasteiger charge is 2.11. The number of aromatic nitrogens is 2. The Morgan fingerprint density at radius 1 is 1.47 bits per heavy atom. The molecule has 0 aliphatic carbocycles. The van der Waals surface area contributed by atoms with Crippen LogP contribution in [0.25, 0.3) is 5.65 Å². The number of imidazole rings is 1. The average molecular weight is 260 g/mol. The van der Waals surface area contributed by atoms with Crippen molar-refractivity contribution in [1.82, 2.24) is 20.0 Å². The van der Waals surface area contributed by atoms with Crippen LogP contribution >= 0.6 is 0 Å². The molecule has 2 aromatic rings. The van der Waals surface area contributed by atoms with Gasteiger partial charge in [-0.1, -0.05) is 13.0 Å². The zero-order valence-corrected chi connectivity index (χ0v) is 11.4. The fraction of sp³-hybridized carbons (Fsp3) is 0.429. The van der Waals surface area contributed by atoms with E-state index in [9.17, 15) is 4.79 Å². The Labute approximate surface area is 113 Å². The molecule has 0 saturated heterocycles. The first-order valence-electron chi connectivity index (χ1n) is 6.55. The van der Waals surface area contributed by atoms with Crippen molar-refractivity contribution in [3.05, 3.63) is 36.3 Å². The molecule has 102 valence electrons. The lowest BCUT2D eigenvalue weighted by Gasteiger charge is -2.10. The monoisotopic (exact) mass is 260 g/mol. The van der Waals surface area contributed by atoms with E-state index in [1.807, 2.05) is 49.0 Å². The van der Waals surface area contributed by atoms with Gasteiger partial charge in [0.15, 0.2) is 0 Å². The van der Waals surface area contributed by atoms with Crippen LogP contribution in [0.15, 0.2) is 30.6 Å². The highest BCUT2D eigenvalue weighted by atomic mass is 16.1. The van der Waals surface area contributed by atoms with E-state index >= 15 is 0 Å². The van der Waals surface area contributed by atoms with Crippen LogP contribution in [-0.2, 0) is 11.2 Å². The number of hydrogen-bond donors (Lipinski definition) is 2. The summed E-state index contributed by atoms with van der Waals surface area (Å²) in [5.41, 5.74) is 1.93. The summed E-state index contributed by atoms with van der Waals surface area (Å²) in [6, 6.07) is 5.91. The van der Waals surface area contributed by atoms with E-state index in [1.165, 1.54) is 0 Å². The summed E-state index contributed by atoms with van der Waals surface area (Å²) in [6.45, 7) is 3.23. The van der Waals surface area contributed by atoms with Crippen LogP contribution in [0.3, 0.4) is 0 Å². The van der Waals surface area contributed by atoms with Gasteiger partial charge in [0.25, 0.3) is 0 Å². The van der Waals surface area contributed by atoms with Gasteiger partial charge in [0, 0.05) is 37.8 Å². The molecule has 0 spiro atoms. The van der Waals surface area contributed by atoms with Crippen molar-refractivity contribution in [2.75, 3.05) is 20.1 Å². The quantitative estimate of drug-likeness (QED) is 0.809. The number of amides is 1. The normalized spacial score (nSPS) is 12.5. The standard InChI is InChI=1S/C14H20N4O/c1-11(9-15-2)14(19)16-7-6-12-10-18-8-4-3-5-13(18)17-12/h3-5,8,10-11,15H,6-7,9H2,1-2H3,(H,16,19). The summed E-state index contributed by atoms with van der Waals surface area (Å²) in [4.78, 5) is 16.2. The van der Waals surface area contributed by atoms with Crippen LogP contribution in [0.1, 0.15) is 12.6 Å². The molecule has 0 aliphatic rings. The molecule has 2 heterocycles. The SMILES string of the molecule is CNCC(C)C(=O)NCCc1cn2ccccc2n1. The van der Waals surface area contributed by atoms with Crippen LogP contribution in [0.2, 0.25) is 0 Å². The molecule has 1 amide bonds. The van der Waals surface area contributed by atoms with Gasteiger partial charge in [0.05, 0.1) is 5.69 Å². The number of nitrogens with one attached hydrogen (secondary N) is 2. The van der Waals surface area contributed by atoms with Crippen LogP contribution in [0.5, 0.6) is 0 Å². The summed E-state index contributed by atoms with van der Waals surface area (Å²) < 4.78 is 1.99. The number of fused-ring (bicyclic) bond motifs is 1. The van der Waals surface area contributed by atoms with Gasteiger partial charge in [0.1, 0.15) is 5.65 Å². The maximum atomic E-state index is 11.7. The van der Waals surface area contributed by atoms with Crippen LogP contribution in [0, 0.1) is 5.92 Å². The first kappa shape index (κ1) is 13.5. The molecule has 0 aromatic carbocycles. The second-order valence-corrected chi connectivity index (χ2v) is 4.70. The highest BCUT2D eigenvalue weighted by Crippen LogP contribution is 2.04. The Bertz CT molecular complexity index is 516. The summed E-state index contributed by atoms with van der Waals surface area (Å²) in [5, 5.41) is 5.93. The molecule has 0 aliphatic heterocycles. The van der Waals surface area contributed by atoms with Gasteiger partial charge in [-0.3, -0.25) is 4.79 Å². The van der Waals surface area contributed by atoms with Gasteiger partial charge in [-0.15, -0.1) is 0 Å². The number of nitrogens with zero attached hydrogens (tertiary/aromatic N) is 2.